The van der Waals surface area contributed by atoms with Gasteiger partial charge in [0.1, 0.15) is 0 Å². The molecule has 1 amide bonds. The molecular weight excluding hydrogens is 316 g/mol. The molecule has 3 aromatic carbocycles. The molecule has 3 aromatic rings. The van der Waals surface area contributed by atoms with Gasteiger partial charge in [-0.25, -0.2) is 0 Å². The van der Waals surface area contributed by atoms with Gasteiger partial charge >= 0.3 is 0 Å². The van der Waals surface area contributed by atoms with E-state index in [0.29, 0.717) is 11.3 Å². The molecule has 0 bridgehead atoms. The van der Waals surface area contributed by atoms with E-state index in [1.807, 2.05) is 25.1 Å². The summed E-state index contributed by atoms with van der Waals surface area (Å²) in [6, 6.07) is 23.3. The van der Waals surface area contributed by atoms with Crippen LogP contribution in [0.15, 0.2) is 71.6 Å². The van der Waals surface area contributed by atoms with E-state index in [1.54, 1.807) is 24.3 Å². The second-order valence-corrected chi connectivity index (χ2v) is 6.86. The Morgan fingerprint density at radius 3 is 2.46 bits per heavy atom. The predicted molar refractivity (Wildman–Crippen MR) is 99.1 cm³/mol. The summed E-state index contributed by atoms with van der Waals surface area (Å²) in [5, 5.41) is 13.8. The Labute approximate surface area is 145 Å². The summed E-state index contributed by atoms with van der Waals surface area (Å²) in [7, 11) is 0. The third kappa shape index (κ3) is 3.76. The molecule has 3 rings (SSSR count). The Morgan fingerprint density at radius 1 is 1.04 bits per heavy atom. The van der Waals surface area contributed by atoms with Crippen molar-refractivity contribution in [2.45, 2.75) is 17.1 Å². The molecule has 24 heavy (non-hydrogen) atoms. The molecule has 118 valence electrons. The van der Waals surface area contributed by atoms with Crippen LogP contribution in [0, 0.1) is 11.3 Å². The highest BCUT2D eigenvalue weighted by Crippen LogP contribution is 2.27. The summed E-state index contributed by atoms with van der Waals surface area (Å²) in [5.74, 6) is -0.0575. The van der Waals surface area contributed by atoms with Crippen molar-refractivity contribution in [2.24, 2.45) is 0 Å². The fourth-order valence-corrected chi connectivity index (χ4v) is 3.29. The number of nitrogens with zero attached hydrogens (tertiary/aromatic N) is 1. The van der Waals surface area contributed by atoms with Crippen LogP contribution in [-0.4, -0.2) is 11.2 Å². The van der Waals surface area contributed by atoms with Crippen LogP contribution in [0.2, 0.25) is 0 Å². The van der Waals surface area contributed by atoms with Crippen LogP contribution in [-0.2, 0) is 4.79 Å². The highest BCUT2D eigenvalue weighted by molar-refractivity contribution is 8.00. The van der Waals surface area contributed by atoms with Crippen LogP contribution < -0.4 is 5.32 Å². The largest absolute Gasteiger partial charge is 0.325 e. The van der Waals surface area contributed by atoms with Crippen molar-refractivity contribution in [3.63, 3.8) is 0 Å². The van der Waals surface area contributed by atoms with E-state index in [2.05, 4.69) is 35.7 Å². The number of carbonyl (C=O) groups is 1. The van der Waals surface area contributed by atoms with Crippen LogP contribution >= 0.6 is 11.8 Å². The maximum atomic E-state index is 12.3. The van der Waals surface area contributed by atoms with E-state index in [9.17, 15) is 4.79 Å². The van der Waals surface area contributed by atoms with Crippen LogP contribution in [0.25, 0.3) is 10.8 Å². The number of thioether (sulfide) groups is 1. The molecule has 0 unspecified atom stereocenters. The minimum absolute atomic E-state index is 0.0575. The van der Waals surface area contributed by atoms with Crippen molar-refractivity contribution in [1.29, 1.82) is 5.26 Å². The average molecular weight is 332 g/mol. The van der Waals surface area contributed by atoms with E-state index >= 15 is 0 Å². The highest BCUT2D eigenvalue weighted by atomic mass is 32.2. The third-order valence-corrected chi connectivity index (χ3v) is 4.78. The van der Waals surface area contributed by atoms with E-state index in [0.717, 1.165) is 4.90 Å². The Morgan fingerprint density at radius 2 is 1.75 bits per heavy atom. The first kappa shape index (κ1) is 16.1. The monoisotopic (exact) mass is 332 g/mol. The summed E-state index contributed by atoms with van der Waals surface area (Å²) in [6.45, 7) is 1.89. The lowest BCUT2D eigenvalue weighted by Gasteiger charge is -2.12. The van der Waals surface area contributed by atoms with E-state index < -0.39 is 0 Å². The van der Waals surface area contributed by atoms with Crippen LogP contribution in [0.1, 0.15) is 12.5 Å². The number of rotatable bonds is 4. The van der Waals surface area contributed by atoms with Gasteiger partial charge < -0.3 is 5.32 Å². The molecule has 0 fully saturated rings. The topological polar surface area (TPSA) is 52.9 Å². The van der Waals surface area contributed by atoms with Gasteiger partial charge in [-0.1, -0.05) is 30.3 Å². The van der Waals surface area contributed by atoms with Gasteiger partial charge in [0.15, 0.2) is 0 Å². The molecule has 0 spiro atoms. The van der Waals surface area contributed by atoms with Crippen molar-refractivity contribution in [1.82, 2.24) is 0 Å². The molecule has 3 nitrogen and oxygen atoms in total. The number of benzene rings is 3. The highest BCUT2D eigenvalue weighted by Gasteiger charge is 2.14. The van der Waals surface area contributed by atoms with Crippen LogP contribution in [0.4, 0.5) is 5.69 Å². The fraction of sp³-hybridized carbons (Fsp3) is 0.100. The summed E-state index contributed by atoms with van der Waals surface area (Å²) < 4.78 is 0. The number of hydrogen-bond acceptors (Lipinski definition) is 3. The van der Waals surface area contributed by atoms with Crippen molar-refractivity contribution in [3.05, 3.63) is 72.3 Å². The standard InChI is InChI=1S/C20H16N2OS/c1-14(20(23)22-18-9-6-15(13-21)7-10-18)24-19-11-8-16-4-2-3-5-17(16)12-19/h2-12,14H,1H3,(H,22,23)/t14-/m0/s1. The summed E-state index contributed by atoms with van der Waals surface area (Å²) in [6.07, 6.45) is 0. The van der Waals surface area contributed by atoms with Gasteiger partial charge in [0.2, 0.25) is 5.91 Å². The molecule has 0 aliphatic carbocycles. The maximum Gasteiger partial charge on any atom is 0.237 e. The lowest BCUT2D eigenvalue weighted by molar-refractivity contribution is -0.115. The fourth-order valence-electron chi connectivity index (χ4n) is 2.37. The lowest BCUT2D eigenvalue weighted by atomic mass is 10.1. The van der Waals surface area contributed by atoms with Crippen LogP contribution in [0.5, 0.6) is 0 Å². The van der Waals surface area contributed by atoms with Crippen molar-refractivity contribution >= 4 is 34.1 Å². The van der Waals surface area contributed by atoms with Gasteiger partial charge in [0, 0.05) is 10.6 Å². The Bertz CT molecular complexity index is 913. The summed E-state index contributed by atoms with van der Waals surface area (Å²) in [5.41, 5.74) is 1.27. The molecular formula is C20H16N2OS. The quantitative estimate of drug-likeness (QED) is 0.696. The van der Waals surface area contributed by atoms with Gasteiger partial charge in [-0.2, -0.15) is 5.26 Å². The Kier molecular flexibility index (Phi) is 4.83. The Balaban J connectivity index is 1.67. The smallest absolute Gasteiger partial charge is 0.237 e. The molecule has 4 heteroatoms. The maximum absolute atomic E-state index is 12.3. The second-order valence-electron chi connectivity index (χ2n) is 5.45. The summed E-state index contributed by atoms with van der Waals surface area (Å²) >= 11 is 1.53. The van der Waals surface area contributed by atoms with Crippen molar-refractivity contribution in [2.75, 3.05) is 5.32 Å². The molecule has 0 saturated carbocycles. The zero-order valence-corrected chi connectivity index (χ0v) is 14.0. The predicted octanol–water partition coefficient (Wildman–Crippen LogP) is 4.83. The van der Waals surface area contributed by atoms with Crippen molar-refractivity contribution < 1.29 is 4.79 Å². The minimum atomic E-state index is -0.221. The van der Waals surface area contributed by atoms with E-state index in [4.69, 9.17) is 5.26 Å². The van der Waals surface area contributed by atoms with Gasteiger partial charge in [0.05, 0.1) is 16.9 Å². The zero-order chi connectivity index (χ0) is 16.9. The molecule has 0 saturated heterocycles. The number of carbonyl (C=O) groups excluding carboxylic acids is 1. The van der Waals surface area contributed by atoms with Crippen LogP contribution in [0.3, 0.4) is 0 Å². The van der Waals surface area contributed by atoms with Gasteiger partial charge in [-0.15, -0.1) is 11.8 Å². The number of nitriles is 1. The molecule has 1 atom stereocenters. The normalized spacial score (nSPS) is 11.7. The molecule has 0 heterocycles. The number of fused-ring (bicyclic) bond motifs is 1. The minimum Gasteiger partial charge on any atom is -0.325 e. The molecule has 0 aliphatic rings. The van der Waals surface area contributed by atoms with Gasteiger partial charge in [-0.3, -0.25) is 4.79 Å². The SMILES string of the molecule is C[C@H](Sc1ccc2ccccc2c1)C(=O)Nc1ccc(C#N)cc1. The van der Waals surface area contributed by atoms with E-state index in [-0.39, 0.29) is 11.2 Å². The van der Waals surface area contributed by atoms with Gasteiger partial charge in [0.25, 0.3) is 0 Å². The average Bonchev–Trinajstić information content (AvgIpc) is 2.62. The zero-order valence-electron chi connectivity index (χ0n) is 13.2. The first-order chi connectivity index (χ1) is 11.7. The first-order valence-electron chi connectivity index (χ1n) is 7.62. The molecule has 0 aliphatic heterocycles. The van der Waals surface area contributed by atoms with Crippen molar-refractivity contribution in [3.8, 4) is 6.07 Å². The Hall–Kier alpha value is -2.77. The number of nitrogens with one attached hydrogen (secondary N) is 1. The first-order valence-corrected chi connectivity index (χ1v) is 8.50. The van der Waals surface area contributed by atoms with Gasteiger partial charge in [-0.05, 0) is 54.1 Å². The third-order valence-electron chi connectivity index (χ3n) is 3.68. The molecule has 0 aromatic heterocycles. The summed E-state index contributed by atoms with van der Waals surface area (Å²) in [4.78, 5) is 13.4. The molecule has 1 N–H and O–H groups in total. The lowest BCUT2D eigenvalue weighted by Crippen LogP contribution is -2.22. The molecule has 0 radical (unpaired) electrons. The number of amides is 1. The number of anilines is 1. The second kappa shape index (κ2) is 7.20. The number of hydrogen-bond donors (Lipinski definition) is 1. The van der Waals surface area contributed by atoms with E-state index in [1.165, 1.54) is 22.5 Å².